The highest BCUT2D eigenvalue weighted by Gasteiger charge is 2.12. The first-order valence-electron chi connectivity index (χ1n) is 8.83. The molecule has 0 saturated carbocycles. The molecule has 0 fully saturated rings. The van der Waals surface area contributed by atoms with Gasteiger partial charge in [0.05, 0.1) is 12.1 Å². The van der Waals surface area contributed by atoms with Crippen LogP contribution in [0.25, 0.3) is 11.5 Å². The summed E-state index contributed by atoms with van der Waals surface area (Å²) >= 11 is 2.88. The summed E-state index contributed by atoms with van der Waals surface area (Å²) in [5.41, 5.74) is 3.56. The predicted molar refractivity (Wildman–Crippen MR) is 113 cm³/mol. The third kappa shape index (κ3) is 5.07. The summed E-state index contributed by atoms with van der Waals surface area (Å²) in [6.07, 6.45) is 3.60. The molecule has 4 rings (SSSR count). The van der Waals surface area contributed by atoms with Crippen LogP contribution in [0, 0.1) is 6.92 Å². The van der Waals surface area contributed by atoms with Gasteiger partial charge in [0, 0.05) is 34.8 Å². The van der Waals surface area contributed by atoms with Crippen LogP contribution >= 0.6 is 23.1 Å². The van der Waals surface area contributed by atoms with Crippen molar-refractivity contribution in [3.63, 3.8) is 0 Å². The Labute approximate surface area is 175 Å². The number of carbonyl (C=O) groups excluding carboxylic acids is 1. The zero-order chi connectivity index (χ0) is 20.1. The minimum atomic E-state index is -0.0771. The van der Waals surface area contributed by atoms with Crippen molar-refractivity contribution in [1.82, 2.24) is 20.2 Å². The normalized spacial score (nSPS) is 10.8. The quantitative estimate of drug-likeness (QED) is 0.441. The molecule has 4 aromatic rings. The van der Waals surface area contributed by atoms with E-state index in [0.29, 0.717) is 16.9 Å². The third-order valence-corrected chi connectivity index (χ3v) is 5.76. The van der Waals surface area contributed by atoms with Crippen LogP contribution in [0.4, 0.5) is 5.69 Å². The van der Waals surface area contributed by atoms with Crippen molar-refractivity contribution in [3.05, 3.63) is 70.4 Å². The van der Waals surface area contributed by atoms with Crippen LogP contribution in [0.15, 0.2) is 63.8 Å². The van der Waals surface area contributed by atoms with E-state index in [4.69, 9.17) is 4.42 Å². The molecule has 0 aliphatic carbocycles. The molecule has 3 heterocycles. The number of amides is 1. The minimum absolute atomic E-state index is 0.0771. The number of carbonyl (C=O) groups is 1. The van der Waals surface area contributed by atoms with E-state index in [1.54, 1.807) is 12.4 Å². The maximum Gasteiger partial charge on any atom is 0.277 e. The van der Waals surface area contributed by atoms with Gasteiger partial charge in [-0.05, 0) is 30.7 Å². The molecular formula is C20H17N5O2S2. The third-order valence-electron chi connectivity index (χ3n) is 4.01. The van der Waals surface area contributed by atoms with Crippen LogP contribution in [0.5, 0.6) is 0 Å². The summed E-state index contributed by atoms with van der Waals surface area (Å²) in [5, 5.41) is 14.2. The lowest BCUT2D eigenvalue weighted by Crippen LogP contribution is -2.15. The molecule has 29 heavy (non-hydrogen) atoms. The second kappa shape index (κ2) is 8.97. The number of thioether (sulfide) groups is 1. The molecule has 0 radical (unpaired) electrons. The van der Waals surface area contributed by atoms with Crippen molar-refractivity contribution >= 4 is 34.7 Å². The first-order valence-corrected chi connectivity index (χ1v) is 10.7. The number of aromatic nitrogens is 4. The highest BCUT2D eigenvalue weighted by Crippen LogP contribution is 2.26. The fourth-order valence-corrected chi connectivity index (χ4v) is 4.11. The van der Waals surface area contributed by atoms with Gasteiger partial charge in [0.1, 0.15) is 5.01 Å². The molecule has 0 saturated heterocycles. The molecule has 0 aliphatic rings. The summed E-state index contributed by atoms with van der Waals surface area (Å²) in [7, 11) is 0. The van der Waals surface area contributed by atoms with Crippen LogP contribution in [0.3, 0.4) is 0 Å². The van der Waals surface area contributed by atoms with E-state index in [-0.39, 0.29) is 12.3 Å². The molecule has 0 aliphatic heterocycles. The van der Waals surface area contributed by atoms with Gasteiger partial charge < -0.3 is 9.73 Å². The van der Waals surface area contributed by atoms with Crippen molar-refractivity contribution in [1.29, 1.82) is 0 Å². The van der Waals surface area contributed by atoms with Crippen molar-refractivity contribution < 1.29 is 9.21 Å². The second-order valence-corrected chi connectivity index (χ2v) is 8.04. The Hall–Kier alpha value is -3.04. The first-order chi connectivity index (χ1) is 14.2. The number of pyridine rings is 1. The van der Waals surface area contributed by atoms with E-state index in [1.165, 1.54) is 23.1 Å². The molecule has 3 aromatic heterocycles. The van der Waals surface area contributed by atoms with Gasteiger partial charge in [0.2, 0.25) is 11.8 Å². The Morgan fingerprint density at radius 2 is 2.00 bits per heavy atom. The van der Waals surface area contributed by atoms with E-state index in [2.05, 4.69) is 25.5 Å². The number of para-hydroxylation sites is 1. The molecule has 7 nitrogen and oxygen atoms in total. The fraction of sp³-hybridized carbons (Fsp3) is 0.150. The van der Waals surface area contributed by atoms with Gasteiger partial charge in [-0.15, -0.1) is 21.5 Å². The molecular weight excluding hydrogens is 406 g/mol. The van der Waals surface area contributed by atoms with E-state index >= 15 is 0 Å². The fourth-order valence-electron chi connectivity index (χ4n) is 2.56. The number of hydrogen-bond acceptors (Lipinski definition) is 8. The van der Waals surface area contributed by atoms with Crippen LogP contribution in [0.2, 0.25) is 0 Å². The molecule has 0 spiro atoms. The smallest absolute Gasteiger partial charge is 0.277 e. The van der Waals surface area contributed by atoms with Gasteiger partial charge in [-0.25, -0.2) is 4.98 Å². The van der Waals surface area contributed by atoms with Crippen molar-refractivity contribution in [2.24, 2.45) is 0 Å². The average Bonchev–Trinajstić information content (AvgIpc) is 3.38. The lowest BCUT2D eigenvalue weighted by molar-refractivity contribution is -0.115. The number of thiazole rings is 1. The van der Waals surface area contributed by atoms with E-state index in [9.17, 15) is 4.79 Å². The molecule has 1 amide bonds. The van der Waals surface area contributed by atoms with Gasteiger partial charge >= 0.3 is 0 Å². The van der Waals surface area contributed by atoms with E-state index < -0.39 is 0 Å². The minimum Gasteiger partial charge on any atom is -0.411 e. The Bertz CT molecular complexity index is 1110. The molecule has 146 valence electrons. The van der Waals surface area contributed by atoms with Crippen LogP contribution in [-0.4, -0.2) is 26.1 Å². The Morgan fingerprint density at radius 3 is 2.83 bits per heavy atom. The Kier molecular flexibility index (Phi) is 5.97. The van der Waals surface area contributed by atoms with Gasteiger partial charge in [0.15, 0.2) is 0 Å². The molecule has 0 bridgehead atoms. The Morgan fingerprint density at radius 1 is 1.17 bits per heavy atom. The van der Waals surface area contributed by atoms with Crippen LogP contribution in [-0.2, 0) is 17.0 Å². The summed E-state index contributed by atoms with van der Waals surface area (Å²) < 4.78 is 5.66. The molecule has 1 aromatic carbocycles. The SMILES string of the molecule is Cc1ccccc1NC(=O)Cc1nc(CSc2nnc(-c3ccncc3)o2)cs1. The van der Waals surface area contributed by atoms with Crippen LogP contribution < -0.4 is 5.32 Å². The summed E-state index contributed by atoms with van der Waals surface area (Å²) in [6.45, 7) is 1.96. The number of aryl methyl sites for hydroxylation is 1. The average molecular weight is 424 g/mol. The second-order valence-electron chi connectivity index (χ2n) is 6.17. The monoisotopic (exact) mass is 423 g/mol. The summed E-state index contributed by atoms with van der Waals surface area (Å²) in [4.78, 5) is 20.8. The molecule has 0 atom stereocenters. The predicted octanol–water partition coefficient (Wildman–Crippen LogP) is 4.37. The number of benzene rings is 1. The lowest BCUT2D eigenvalue weighted by atomic mass is 10.2. The largest absolute Gasteiger partial charge is 0.411 e. The van der Waals surface area contributed by atoms with Gasteiger partial charge in [-0.2, -0.15) is 0 Å². The van der Waals surface area contributed by atoms with Gasteiger partial charge in [-0.1, -0.05) is 30.0 Å². The topological polar surface area (TPSA) is 93.8 Å². The summed E-state index contributed by atoms with van der Waals surface area (Å²) in [5.74, 6) is 0.974. The maximum atomic E-state index is 12.3. The number of rotatable bonds is 7. The van der Waals surface area contributed by atoms with Crippen molar-refractivity contribution in [2.75, 3.05) is 5.32 Å². The highest BCUT2D eigenvalue weighted by atomic mass is 32.2. The van der Waals surface area contributed by atoms with Crippen LogP contribution in [0.1, 0.15) is 16.3 Å². The van der Waals surface area contributed by atoms with Crippen molar-refractivity contribution in [2.45, 2.75) is 24.3 Å². The number of nitrogens with one attached hydrogen (secondary N) is 1. The van der Waals surface area contributed by atoms with E-state index in [1.807, 2.05) is 48.7 Å². The van der Waals surface area contributed by atoms with Gasteiger partial charge in [0.25, 0.3) is 5.22 Å². The van der Waals surface area contributed by atoms with Crippen molar-refractivity contribution in [3.8, 4) is 11.5 Å². The highest BCUT2D eigenvalue weighted by molar-refractivity contribution is 7.98. The zero-order valence-corrected chi connectivity index (χ0v) is 17.2. The summed E-state index contributed by atoms with van der Waals surface area (Å²) in [6, 6.07) is 11.3. The number of nitrogens with zero attached hydrogens (tertiary/aromatic N) is 4. The molecule has 1 N–H and O–H groups in total. The number of anilines is 1. The maximum absolute atomic E-state index is 12.3. The Balaban J connectivity index is 1.31. The number of hydrogen-bond donors (Lipinski definition) is 1. The molecule has 0 unspecified atom stereocenters. The standard InChI is InChI=1S/C20H17N5O2S2/c1-13-4-2-3-5-16(13)23-17(26)10-18-22-15(11-28-18)12-29-20-25-24-19(27-20)14-6-8-21-9-7-14/h2-9,11H,10,12H2,1H3,(H,23,26). The lowest BCUT2D eigenvalue weighted by Gasteiger charge is -2.06. The van der Waals surface area contributed by atoms with Gasteiger partial charge in [-0.3, -0.25) is 9.78 Å². The molecule has 9 heteroatoms. The first kappa shape index (κ1) is 19.3. The zero-order valence-electron chi connectivity index (χ0n) is 15.5. The van der Waals surface area contributed by atoms with E-state index in [0.717, 1.165) is 27.5 Å².